The molecular weight excluding hydrogens is 301 g/mol. The number of hydrogen-bond donors (Lipinski definition) is 1. The van der Waals surface area contributed by atoms with Crippen LogP contribution in [0, 0.1) is 0 Å². The number of thioether (sulfide) groups is 1. The summed E-state index contributed by atoms with van der Waals surface area (Å²) in [6.07, 6.45) is -1.23. The molecule has 2 aliphatic rings. The zero-order valence-corrected chi connectivity index (χ0v) is 13.4. The third-order valence-corrected chi connectivity index (χ3v) is 5.70. The lowest BCUT2D eigenvalue weighted by atomic mass is 9.98. The second kappa shape index (κ2) is 7.53. The first-order valence-electron chi connectivity index (χ1n) is 7.67. The summed E-state index contributed by atoms with van der Waals surface area (Å²) in [5.41, 5.74) is 0. The molecule has 0 bridgehead atoms. The minimum atomic E-state index is -4.09. The number of ether oxygens (including phenoxy) is 1. The van der Waals surface area contributed by atoms with E-state index in [4.69, 9.17) is 4.74 Å². The van der Waals surface area contributed by atoms with Crippen molar-refractivity contribution >= 4 is 11.8 Å². The van der Waals surface area contributed by atoms with Gasteiger partial charge in [0.1, 0.15) is 0 Å². The lowest BCUT2D eigenvalue weighted by Crippen LogP contribution is -2.46. The molecule has 2 rings (SSSR count). The molecule has 21 heavy (non-hydrogen) atoms. The quantitative estimate of drug-likeness (QED) is 0.811. The summed E-state index contributed by atoms with van der Waals surface area (Å²) in [5, 5.41) is 3.51. The molecule has 0 radical (unpaired) electrons. The van der Waals surface area contributed by atoms with E-state index in [0.717, 1.165) is 44.8 Å². The minimum Gasteiger partial charge on any atom is -0.381 e. The Morgan fingerprint density at radius 2 is 2.05 bits per heavy atom. The molecule has 3 nitrogen and oxygen atoms in total. The van der Waals surface area contributed by atoms with Gasteiger partial charge in [-0.3, -0.25) is 4.90 Å². The molecule has 0 spiro atoms. The third-order valence-electron chi connectivity index (χ3n) is 4.24. The molecule has 0 aromatic carbocycles. The van der Waals surface area contributed by atoms with Crippen molar-refractivity contribution in [3.05, 3.63) is 0 Å². The maximum absolute atomic E-state index is 12.4. The summed E-state index contributed by atoms with van der Waals surface area (Å²) in [5.74, 6) is 1.06. The van der Waals surface area contributed by atoms with E-state index < -0.39 is 12.7 Å². The van der Waals surface area contributed by atoms with E-state index in [0.29, 0.717) is 13.1 Å². The zero-order chi connectivity index (χ0) is 15.3. The van der Waals surface area contributed by atoms with Crippen molar-refractivity contribution in [1.82, 2.24) is 10.2 Å². The molecule has 0 aromatic rings. The van der Waals surface area contributed by atoms with Gasteiger partial charge in [-0.15, -0.1) is 0 Å². The molecule has 1 N–H and O–H groups in total. The van der Waals surface area contributed by atoms with Crippen LogP contribution in [0.5, 0.6) is 0 Å². The molecule has 2 fully saturated rings. The van der Waals surface area contributed by atoms with Crippen LogP contribution in [-0.2, 0) is 4.74 Å². The van der Waals surface area contributed by atoms with Crippen LogP contribution in [-0.4, -0.2) is 67.0 Å². The molecule has 1 atom stereocenters. The van der Waals surface area contributed by atoms with Crippen molar-refractivity contribution in [3.8, 4) is 0 Å². The fourth-order valence-corrected chi connectivity index (χ4v) is 4.40. The number of hydrogen-bond acceptors (Lipinski definition) is 4. The van der Waals surface area contributed by atoms with E-state index in [-0.39, 0.29) is 10.8 Å². The molecule has 1 unspecified atom stereocenters. The average Bonchev–Trinajstić information content (AvgIpc) is 2.83. The molecule has 0 amide bonds. The van der Waals surface area contributed by atoms with Gasteiger partial charge in [0.2, 0.25) is 0 Å². The van der Waals surface area contributed by atoms with E-state index in [1.807, 2.05) is 11.8 Å². The molecule has 124 valence electrons. The van der Waals surface area contributed by atoms with E-state index in [9.17, 15) is 13.2 Å². The largest absolute Gasteiger partial charge is 0.401 e. The van der Waals surface area contributed by atoms with Crippen LogP contribution in [0.2, 0.25) is 0 Å². The van der Waals surface area contributed by atoms with Gasteiger partial charge in [0.25, 0.3) is 0 Å². The first kappa shape index (κ1) is 17.4. The highest BCUT2D eigenvalue weighted by atomic mass is 32.2. The van der Waals surface area contributed by atoms with Crippen LogP contribution in [0.1, 0.15) is 26.2 Å². The Bertz CT molecular complexity index is 316. The maximum atomic E-state index is 12.4. The molecule has 2 saturated heterocycles. The summed E-state index contributed by atoms with van der Waals surface area (Å²) < 4.78 is 42.8. The second-order valence-electron chi connectivity index (χ2n) is 5.95. The standard InChI is InChI=1S/C14H25F3N2OS/c1-2-21-13(4-7-20-8-5-13)10-18-12-3-6-19(9-12)11-14(15,16)17/h12,18H,2-11H2,1H3. The summed E-state index contributed by atoms with van der Waals surface area (Å²) >= 11 is 1.96. The number of likely N-dealkylation sites (tertiary alicyclic amines) is 1. The topological polar surface area (TPSA) is 24.5 Å². The highest BCUT2D eigenvalue weighted by Crippen LogP contribution is 2.35. The van der Waals surface area contributed by atoms with Crippen molar-refractivity contribution < 1.29 is 17.9 Å². The minimum absolute atomic E-state index is 0.185. The number of rotatable bonds is 6. The summed E-state index contributed by atoms with van der Waals surface area (Å²) in [7, 11) is 0. The first-order valence-corrected chi connectivity index (χ1v) is 8.65. The molecule has 0 saturated carbocycles. The van der Waals surface area contributed by atoms with Gasteiger partial charge in [0, 0.05) is 43.6 Å². The number of halogens is 3. The van der Waals surface area contributed by atoms with Gasteiger partial charge in [-0.2, -0.15) is 24.9 Å². The smallest absolute Gasteiger partial charge is 0.381 e. The van der Waals surface area contributed by atoms with Crippen molar-refractivity contribution in [3.63, 3.8) is 0 Å². The van der Waals surface area contributed by atoms with Crippen LogP contribution in [0.3, 0.4) is 0 Å². The van der Waals surface area contributed by atoms with E-state index in [1.165, 1.54) is 4.90 Å². The molecule has 0 aliphatic carbocycles. The van der Waals surface area contributed by atoms with Crippen LogP contribution in [0.4, 0.5) is 13.2 Å². The SMILES string of the molecule is CCSC1(CNC2CCN(CC(F)(F)F)C2)CCOCC1. The van der Waals surface area contributed by atoms with Crippen molar-refractivity contribution in [2.24, 2.45) is 0 Å². The normalized spacial score (nSPS) is 27.1. The number of alkyl halides is 3. The lowest BCUT2D eigenvalue weighted by Gasteiger charge is -2.37. The lowest BCUT2D eigenvalue weighted by molar-refractivity contribution is -0.143. The van der Waals surface area contributed by atoms with E-state index in [1.54, 1.807) is 0 Å². The Kier molecular flexibility index (Phi) is 6.23. The maximum Gasteiger partial charge on any atom is 0.401 e. The van der Waals surface area contributed by atoms with Crippen molar-refractivity contribution in [2.45, 2.75) is 43.2 Å². The van der Waals surface area contributed by atoms with Crippen molar-refractivity contribution in [1.29, 1.82) is 0 Å². The van der Waals surface area contributed by atoms with Gasteiger partial charge < -0.3 is 10.1 Å². The Balaban J connectivity index is 1.77. The Morgan fingerprint density at radius 1 is 1.33 bits per heavy atom. The highest BCUT2D eigenvalue weighted by Gasteiger charge is 2.36. The fraction of sp³-hybridized carbons (Fsp3) is 1.00. The Morgan fingerprint density at radius 3 is 2.67 bits per heavy atom. The number of nitrogens with zero attached hydrogens (tertiary/aromatic N) is 1. The fourth-order valence-electron chi connectivity index (χ4n) is 3.15. The first-order chi connectivity index (χ1) is 9.92. The predicted molar refractivity (Wildman–Crippen MR) is 79.8 cm³/mol. The van der Waals surface area contributed by atoms with Gasteiger partial charge in [0.05, 0.1) is 6.54 Å². The number of nitrogens with one attached hydrogen (secondary N) is 1. The van der Waals surface area contributed by atoms with E-state index >= 15 is 0 Å². The van der Waals surface area contributed by atoms with Crippen molar-refractivity contribution in [2.75, 3.05) is 45.1 Å². The predicted octanol–water partition coefficient (Wildman–Crippen LogP) is 2.51. The van der Waals surface area contributed by atoms with E-state index in [2.05, 4.69) is 12.2 Å². The molecule has 2 aliphatic heterocycles. The molecule has 2 heterocycles. The summed E-state index contributed by atoms with van der Waals surface area (Å²) in [6.45, 7) is 4.87. The second-order valence-corrected chi connectivity index (χ2v) is 7.68. The van der Waals surface area contributed by atoms with Crippen LogP contribution < -0.4 is 5.32 Å². The van der Waals surface area contributed by atoms with Gasteiger partial charge in [0.15, 0.2) is 0 Å². The van der Waals surface area contributed by atoms with Gasteiger partial charge in [-0.25, -0.2) is 0 Å². The summed E-state index contributed by atoms with van der Waals surface area (Å²) in [6, 6.07) is 0.185. The Labute approximate surface area is 129 Å². The highest BCUT2D eigenvalue weighted by molar-refractivity contribution is 8.00. The average molecular weight is 326 g/mol. The molecule has 7 heteroatoms. The zero-order valence-electron chi connectivity index (χ0n) is 12.5. The van der Waals surface area contributed by atoms with Crippen LogP contribution >= 0.6 is 11.8 Å². The van der Waals surface area contributed by atoms with Gasteiger partial charge in [-0.05, 0) is 25.0 Å². The molecule has 0 aromatic heterocycles. The van der Waals surface area contributed by atoms with Gasteiger partial charge >= 0.3 is 6.18 Å². The monoisotopic (exact) mass is 326 g/mol. The van der Waals surface area contributed by atoms with Crippen LogP contribution in [0.15, 0.2) is 0 Å². The Hall–Kier alpha value is 0.0200. The van der Waals surface area contributed by atoms with Gasteiger partial charge in [-0.1, -0.05) is 6.92 Å². The molecular formula is C14H25F3N2OS. The third kappa shape index (κ3) is 5.62. The summed E-state index contributed by atoms with van der Waals surface area (Å²) in [4.78, 5) is 1.50. The van der Waals surface area contributed by atoms with Crippen LogP contribution in [0.25, 0.3) is 0 Å².